The molecule has 0 aliphatic heterocycles. The predicted molar refractivity (Wildman–Crippen MR) is 105 cm³/mol. The van der Waals surface area contributed by atoms with Crippen molar-refractivity contribution in [2.75, 3.05) is 17.7 Å². The molecule has 3 rings (SSSR count). The summed E-state index contributed by atoms with van der Waals surface area (Å²) in [4.78, 5) is 19.5. The molecule has 0 saturated carbocycles. The van der Waals surface area contributed by atoms with E-state index in [0.29, 0.717) is 11.8 Å². The zero-order valence-corrected chi connectivity index (χ0v) is 16.7. The Balaban J connectivity index is 1.71. The first-order valence-corrected chi connectivity index (χ1v) is 9.15. The molecule has 0 bridgehead atoms. The highest BCUT2D eigenvalue weighted by Gasteiger charge is 2.31. The fraction of sp³-hybridized carbons (Fsp3) is 0.222. The lowest BCUT2D eigenvalue weighted by atomic mass is 10.1. The number of halogens is 5. The number of amides is 1. The van der Waals surface area contributed by atoms with E-state index in [1.807, 2.05) is 0 Å². The van der Waals surface area contributed by atoms with Crippen LogP contribution in [0.25, 0.3) is 0 Å². The van der Waals surface area contributed by atoms with E-state index in [9.17, 15) is 22.4 Å². The molecule has 2 heterocycles. The summed E-state index contributed by atoms with van der Waals surface area (Å²) in [5.74, 6) is -0.831. The first kappa shape index (κ1) is 22.3. The van der Waals surface area contributed by atoms with Gasteiger partial charge >= 0.3 is 6.18 Å². The SMILES string of the molecule is CNC(=O)Cn1cc(Nc2ncc(Cl)c(NCc3cc(C(F)(F)F)ccc3F)n2)cn1. The molecule has 1 amide bonds. The molecular weight excluding hydrogens is 442 g/mol. The van der Waals surface area contributed by atoms with Crippen molar-refractivity contribution in [2.45, 2.75) is 19.3 Å². The van der Waals surface area contributed by atoms with Crippen LogP contribution in [0.5, 0.6) is 0 Å². The molecule has 8 nitrogen and oxygen atoms in total. The summed E-state index contributed by atoms with van der Waals surface area (Å²) >= 11 is 6.04. The minimum Gasteiger partial charge on any atom is -0.364 e. The fourth-order valence-corrected chi connectivity index (χ4v) is 2.64. The molecule has 0 atom stereocenters. The number of rotatable bonds is 7. The van der Waals surface area contributed by atoms with E-state index < -0.39 is 17.6 Å². The summed E-state index contributed by atoms with van der Waals surface area (Å²) in [6, 6.07) is 2.14. The topological polar surface area (TPSA) is 96.8 Å². The second-order valence-corrected chi connectivity index (χ2v) is 6.68. The summed E-state index contributed by atoms with van der Waals surface area (Å²) in [6.07, 6.45) is -0.310. The molecule has 0 spiro atoms. The molecule has 0 unspecified atom stereocenters. The van der Waals surface area contributed by atoms with Crippen molar-refractivity contribution in [1.29, 1.82) is 0 Å². The number of nitrogens with one attached hydrogen (secondary N) is 3. The van der Waals surface area contributed by atoms with Gasteiger partial charge in [-0.2, -0.15) is 23.3 Å². The Morgan fingerprint density at radius 3 is 2.74 bits per heavy atom. The molecule has 0 aliphatic carbocycles. The predicted octanol–water partition coefficient (Wildman–Crippen LogP) is 3.59. The highest BCUT2D eigenvalue weighted by molar-refractivity contribution is 6.32. The number of anilines is 3. The van der Waals surface area contributed by atoms with Gasteiger partial charge in [0.25, 0.3) is 0 Å². The molecule has 164 valence electrons. The number of hydrogen-bond donors (Lipinski definition) is 3. The average Bonchev–Trinajstić information content (AvgIpc) is 3.15. The maximum absolute atomic E-state index is 13.9. The van der Waals surface area contributed by atoms with Gasteiger partial charge in [0.1, 0.15) is 17.4 Å². The third-order valence-electron chi connectivity index (χ3n) is 4.04. The van der Waals surface area contributed by atoms with Gasteiger partial charge in [-0.05, 0) is 18.2 Å². The van der Waals surface area contributed by atoms with Crippen molar-refractivity contribution < 1.29 is 22.4 Å². The minimum atomic E-state index is -4.59. The van der Waals surface area contributed by atoms with Crippen LogP contribution >= 0.6 is 11.6 Å². The number of aromatic nitrogens is 4. The largest absolute Gasteiger partial charge is 0.416 e. The number of alkyl halides is 3. The quantitative estimate of drug-likeness (QED) is 0.469. The van der Waals surface area contributed by atoms with E-state index >= 15 is 0 Å². The molecule has 0 fully saturated rings. The fourth-order valence-electron chi connectivity index (χ4n) is 2.49. The maximum atomic E-state index is 13.9. The van der Waals surface area contributed by atoms with Crippen LogP contribution in [-0.4, -0.2) is 32.7 Å². The van der Waals surface area contributed by atoms with Crippen LogP contribution in [-0.2, 0) is 24.1 Å². The zero-order valence-electron chi connectivity index (χ0n) is 16.0. The van der Waals surface area contributed by atoms with Crippen molar-refractivity contribution in [3.8, 4) is 0 Å². The highest BCUT2D eigenvalue weighted by Crippen LogP contribution is 2.31. The Kier molecular flexibility index (Phi) is 6.59. The number of hydrogen-bond acceptors (Lipinski definition) is 6. The second-order valence-electron chi connectivity index (χ2n) is 6.27. The van der Waals surface area contributed by atoms with Crippen LogP contribution in [0.1, 0.15) is 11.1 Å². The van der Waals surface area contributed by atoms with Gasteiger partial charge in [-0.25, -0.2) is 9.37 Å². The van der Waals surface area contributed by atoms with Crippen LogP contribution in [0, 0.1) is 5.82 Å². The molecule has 0 saturated heterocycles. The second kappa shape index (κ2) is 9.16. The van der Waals surface area contributed by atoms with Crippen molar-refractivity contribution in [3.63, 3.8) is 0 Å². The summed E-state index contributed by atoms with van der Waals surface area (Å²) in [7, 11) is 1.51. The molecule has 3 aromatic rings. The first-order chi connectivity index (χ1) is 14.7. The van der Waals surface area contributed by atoms with Crippen molar-refractivity contribution in [2.24, 2.45) is 0 Å². The number of likely N-dealkylation sites (N-methyl/N-ethyl adjacent to an activating group) is 1. The summed E-state index contributed by atoms with van der Waals surface area (Å²) in [6.45, 7) is -0.259. The van der Waals surface area contributed by atoms with E-state index in [0.717, 1.165) is 12.1 Å². The van der Waals surface area contributed by atoms with Crippen molar-refractivity contribution in [3.05, 3.63) is 58.8 Å². The van der Waals surface area contributed by atoms with Crippen molar-refractivity contribution in [1.82, 2.24) is 25.1 Å². The van der Waals surface area contributed by atoms with Gasteiger partial charge in [0.15, 0.2) is 5.82 Å². The van der Waals surface area contributed by atoms with Crippen LogP contribution < -0.4 is 16.0 Å². The van der Waals surface area contributed by atoms with Gasteiger partial charge in [-0.1, -0.05) is 11.6 Å². The van der Waals surface area contributed by atoms with Gasteiger partial charge in [0.05, 0.1) is 23.6 Å². The normalized spacial score (nSPS) is 11.3. The number of carbonyl (C=O) groups excluding carboxylic acids is 1. The van der Waals surface area contributed by atoms with E-state index in [2.05, 4.69) is 31.0 Å². The van der Waals surface area contributed by atoms with Crippen molar-refractivity contribution >= 4 is 35.0 Å². The number of benzene rings is 1. The minimum absolute atomic E-state index is 0.0228. The third kappa shape index (κ3) is 5.81. The van der Waals surface area contributed by atoms with Gasteiger partial charge in [0.2, 0.25) is 11.9 Å². The highest BCUT2D eigenvalue weighted by atomic mass is 35.5. The Labute approximate surface area is 178 Å². The zero-order chi connectivity index (χ0) is 22.6. The third-order valence-corrected chi connectivity index (χ3v) is 4.31. The van der Waals surface area contributed by atoms with E-state index in [4.69, 9.17) is 11.6 Å². The molecule has 3 N–H and O–H groups in total. The van der Waals surface area contributed by atoms with E-state index in [1.165, 1.54) is 24.1 Å². The Bertz CT molecular complexity index is 1090. The molecule has 0 radical (unpaired) electrons. The summed E-state index contributed by atoms with van der Waals surface area (Å²) in [5, 5.41) is 12.2. The average molecular weight is 458 g/mol. The molecular formula is C18H16ClF4N7O. The van der Waals surface area contributed by atoms with E-state index in [-0.39, 0.29) is 41.3 Å². The molecule has 31 heavy (non-hydrogen) atoms. The van der Waals surface area contributed by atoms with Gasteiger partial charge in [-0.15, -0.1) is 0 Å². The first-order valence-electron chi connectivity index (χ1n) is 8.78. The number of nitrogens with zero attached hydrogens (tertiary/aromatic N) is 4. The Morgan fingerprint density at radius 1 is 1.26 bits per heavy atom. The smallest absolute Gasteiger partial charge is 0.364 e. The van der Waals surface area contributed by atoms with Crippen LogP contribution in [0.15, 0.2) is 36.8 Å². The van der Waals surface area contributed by atoms with Gasteiger partial charge in [0, 0.05) is 25.4 Å². The van der Waals surface area contributed by atoms with Gasteiger partial charge < -0.3 is 16.0 Å². The standard InChI is InChI=1S/C18H16ClF4N7O/c1-24-15(31)9-30-8-12(6-27-30)28-17-26-7-13(19)16(29-17)25-5-10-4-11(18(21,22)23)2-3-14(10)20/h2-4,6-8H,5,9H2,1H3,(H,24,31)(H2,25,26,28,29). The Hall–Kier alpha value is -3.41. The monoisotopic (exact) mass is 457 g/mol. The van der Waals surface area contributed by atoms with E-state index in [1.54, 1.807) is 6.20 Å². The molecule has 1 aromatic carbocycles. The lowest BCUT2D eigenvalue weighted by Gasteiger charge is -2.12. The van der Waals surface area contributed by atoms with Crippen LogP contribution in [0.2, 0.25) is 5.02 Å². The molecule has 13 heteroatoms. The summed E-state index contributed by atoms with van der Waals surface area (Å²) < 4.78 is 53.9. The Morgan fingerprint density at radius 2 is 2.03 bits per heavy atom. The van der Waals surface area contributed by atoms with Crippen LogP contribution in [0.4, 0.5) is 35.0 Å². The summed E-state index contributed by atoms with van der Waals surface area (Å²) in [5.41, 5.74) is -0.675. The van der Waals surface area contributed by atoms with Gasteiger partial charge in [-0.3, -0.25) is 9.48 Å². The lowest BCUT2D eigenvalue weighted by molar-refractivity contribution is -0.137. The molecule has 0 aliphatic rings. The maximum Gasteiger partial charge on any atom is 0.416 e. The lowest BCUT2D eigenvalue weighted by Crippen LogP contribution is -2.23. The molecule has 2 aromatic heterocycles. The number of carbonyl (C=O) groups is 1. The van der Waals surface area contributed by atoms with Crippen LogP contribution in [0.3, 0.4) is 0 Å².